The Morgan fingerprint density at radius 3 is 2.55 bits per heavy atom. The number of hydrogen-bond acceptors (Lipinski definition) is 2. The molecule has 0 aliphatic rings. The van der Waals surface area contributed by atoms with Crippen molar-refractivity contribution in [3.05, 3.63) is 12.4 Å². The van der Waals surface area contributed by atoms with Gasteiger partial charge in [-0.25, -0.2) is 0 Å². The molecule has 0 saturated carbocycles. The summed E-state index contributed by atoms with van der Waals surface area (Å²) in [6.07, 6.45) is 4.74. The third-order valence-corrected chi connectivity index (χ3v) is 1.56. The Balaban J connectivity index is 2.35. The maximum Gasteiger partial charge on any atom is 0.0692 e. The highest BCUT2D eigenvalue weighted by molar-refractivity contribution is 4.67. The normalized spacial score (nSPS) is 11.9. The number of aryl methyl sites for hydroxylation is 1. The van der Waals surface area contributed by atoms with Crippen LogP contribution in [0.3, 0.4) is 0 Å². The maximum absolute atomic E-state index is 3.89. The molecule has 0 bridgehead atoms. The van der Waals surface area contributed by atoms with Gasteiger partial charge in [-0.2, -0.15) is 0 Å². The molecule has 0 N–H and O–H groups in total. The van der Waals surface area contributed by atoms with E-state index in [1.54, 1.807) is 6.20 Å². The highest BCUT2D eigenvalue weighted by atomic mass is 15.4. The molecule has 0 aromatic carbocycles. The predicted molar refractivity (Wildman–Crippen MR) is 44.1 cm³/mol. The van der Waals surface area contributed by atoms with Crippen LogP contribution < -0.4 is 0 Å². The van der Waals surface area contributed by atoms with Crippen LogP contribution in [-0.4, -0.2) is 15.0 Å². The molecule has 1 heterocycles. The minimum absolute atomic E-state index is 0.381. The van der Waals surface area contributed by atoms with Gasteiger partial charge in [0, 0.05) is 12.7 Å². The lowest BCUT2D eigenvalue weighted by molar-refractivity contribution is 0.339. The zero-order chi connectivity index (χ0) is 8.32. The molecule has 3 heteroatoms. The summed E-state index contributed by atoms with van der Waals surface area (Å²) in [6, 6.07) is 0. The van der Waals surface area contributed by atoms with Crippen molar-refractivity contribution in [2.75, 3.05) is 0 Å². The molecule has 0 aliphatic heterocycles. The highest BCUT2D eigenvalue weighted by Gasteiger charge is 2.09. The van der Waals surface area contributed by atoms with Crippen LogP contribution >= 0.6 is 0 Å². The second kappa shape index (κ2) is 3.03. The van der Waals surface area contributed by atoms with Crippen molar-refractivity contribution in [1.82, 2.24) is 15.0 Å². The van der Waals surface area contributed by atoms with E-state index >= 15 is 0 Å². The Morgan fingerprint density at radius 2 is 2.09 bits per heavy atom. The molecular formula is C8H15N3. The van der Waals surface area contributed by atoms with E-state index in [9.17, 15) is 0 Å². The SMILES string of the molecule is CC(C)(C)CCn1ccnn1. The van der Waals surface area contributed by atoms with Crippen LogP contribution in [0.1, 0.15) is 27.2 Å². The number of aromatic nitrogens is 3. The molecule has 62 valence electrons. The smallest absolute Gasteiger partial charge is 0.0692 e. The van der Waals surface area contributed by atoms with Gasteiger partial charge in [0.15, 0.2) is 0 Å². The molecule has 11 heavy (non-hydrogen) atoms. The van der Waals surface area contributed by atoms with Crippen LogP contribution in [0.2, 0.25) is 0 Å². The summed E-state index contributed by atoms with van der Waals surface area (Å²) in [5.41, 5.74) is 0.381. The van der Waals surface area contributed by atoms with E-state index in [1.165, 1.54) is 0 Å². The lowest BCUT2D eigenvalue weighted by Crippen LogP contribution is -2.10. The fraction of sp³-hybridized carbons (Fsp3) is 0.750. The Bertz CT molecular complexity index is 196. The largest absolute Gasteiger partial charge is 0.253 e. The summed E-state index contributed by atoms with van der Waals surface area (Å²) < 4.78 is 1.87. The minimum atomic E-state index is 0.381. The molecule has 0 aliphatic carbocycles. The van der Waals surface area contributed by atoms with Gasteiger partial charge in [0.05, 0.1) is 6.20 Å². The Morgan fingerprint density at radius 1 is 1.36 bits per heavy atom. The molecule has 0 radical (unpaired) electrons. The van der Waals surface area contributed by atoms with Gasteiger partial charge in [-0.15, -0.1) is 5.10 Å². The van der Waals surface area contributed by atoms with Gasteiger partial charge in [-0.05, 0) is 11.8 Å². The number of rotatable bonds is 2. The molecule has 0 fully saturated rings. The van der Waals surface area contributed by atoms with Gasteiger partial charge in [0.1, 0.15) is 0 Å². The van der Waals surface area contributed by atoms with Gasteiger partial charge in [-0.1, -0.05) is 26.0 Å². The topological polar surface area (TPSA) is 30.7 Å². The molecule has 0 atom stereocenters. The van der Waals surface area contributed by atoms with Crippen molar-refractivity contribution in [2.45, 2.75) is 33.7 Å². The van der Waals surface area contributed by atoms with Crippen LogP contribution in [0.4, 0.5) is 0 Å². The second-order valence-electron chi connectivity index (χ2n) is 3.98. The molecule has 1 rings (SSSR count). The van der Waals surface area contributed by atoms with Crippen molar-refractivity contribution < 1.29 is 0 Å². The molecule has 1 aromatic rings. The first-order chi connectivity index (χ1) is 5.08. The van der Waals surface area contributed by atoms with Crippen molar-refractivity contribution >= 4 is 0 Å². The third-order valence-electron chi connectivity index (χ3n) is 1.56. The van der Waals surface area contributed by atoms with Crippen molar-refractivity contribution in [3.8, 4) is 0 Å². The van der Waals surface area contributed by atoms with Gasteiger partial charge in [0.2, 0.25) is 0 Å². The summed E-state index contributed by atoms with van der Waals surface area (Å²) in [7, 11) is 0. The van der Waals surface area contributed by atoms with E-state index in [0.29, 0.717) is 5.41 Å². The Labute approximate surface area is 67.4 Å². The van der Waals surface area contributed by atoms with E-state index in [1.807, 2.05) is 10.9 Å². The predicted octanol–water partition coefficient (Wildman–Crippen LogP) is 1.71. The summed E-state index contributed by atoms with van der Waals surface area (Å²) in [5, 5.41) is 7.62. The fourth-order valence-electron chi connectivity index (χ4n) is 0.802. The fourth-order valence-corrected chi connectivity index (χ4v) is 0.802. The maximum atomic E-state index is 3.89. The van der Waals surface area contributed by atoms with Gasteiger partial charge < -0.3 is 0 Å². The quantitative estimate of drug-likeness (QED) is 0.647. The van der Waals surface area contributed by atoms with Gasteiger partial charge in [0.25, 0.3) is 0 Å². The Kier molecular flexibility index (Phi) is 2.27. The van der Waals surface area contributed by atoms with Crippen molar-refractivity contribution in [2.24, 2.45) is 5.41 Å². The zero-order valence-corrected chi connectivity index (χ0v) is 7.41. The number of nitrogens with zero attached hydrogens (tertiary/aromatic N) is 3. The summed E-state index contributed by atoms with van der Waals surface area (Å²) in [5.74, 6) is 0. The lowest BCUT2D eigenvalue weighted by Gasteiger charge is -2.16. The molecule has 0 saturated heterocycles. The molecule has 0 amide bonds. The molecule has 0 unspecified atom stereocenters. The first-order valence-corrected chi connectivity index (χ1v) is 3.92. The summed E-state index contributed by atoms with van der Waals surface area (Å²) >= 11 is 0. The average molecular weight is 153 g/mol. The standard InChI is InChI=1S/C8H15N3/c1-8(2,3)4-6-11-7-5-9-10-11/h5,7H,4,6H2,1-3H3. The molecule has 1 aromatic heterocycles. The highest BCUT2D eigenvalue weighted by Crippen LogP contribution is 2.18. The zero-order valence-electron chi connectivity index (χ0n) is 7.41. The third kappa shape index (κ3) is 3.16. The second-order valence-corrected chi connectivity index (χ2v) is 3.98. The van der Waals surface area contributed by atoms with E-state index in [4.69, 9.17) is 0 Å². The molecular weight excluding hydrogens is 138 g/mol. The van der Waals surface area contributed by atoms with E-state index in [-0.39, 0.29) is 0 Å². The van der Waals surface area contributed by atoms with Gasteiger partial charge in [-0.3, -0.25) is 4.68 Å². The van der Waals surface area contributed by atoms with E-state index in [0.717, 1.165) is 13.0 Å². The summed E-state index contributed by atoms with van der Waals surface area (Å²) in [4.78, 5) is 0. The molecule has 3 nitrogen and oxygen atoms in total. The van der Waals surface area contributed by atoms with Crippen LogP contribution in [0.5, 0.6) is 0 Å². The van der Waals surface area contributed by atoms with Crippen LogP contribution in [0.15, 0.2) is 12.4 Å². The molecule has 0 spiro atoms. The Hall–Kier alpha value is -0.860. The first-order valence-electron chi connectivity index (χ1n) is 3.92. The van der Waals surface area contributed by atoms with Crippen LogP contribution in [-0.2, 0) is 6.54 Å². The van der Waals surface area contributed by atoms with Crippen molar-refractivity contribution in [3.63, 3.8) is 0 Å². The van der Waals surface area contributed by atoms with Crippen LogP contribution in [0, 0.1) is 5.41 Å². The monoisotopic (exact) mass is 153 g/mol. The number of hydrogen-bond donors (Lipinski definition) is 0. The van der Waals surface area contributed by atoms with Crippen molar-refractivity contribution in [1.29, 1.82) is 0 Å². The van der Waals surface area contributed by atoms with Gasteiger partial charge >= 0.3 is 0 Å². The minimum Gasteiger partial charge on any atom is -0.253 e. The first kappa shape index (κ1) is 8.24. The van der Waals surface area contributed by atoms with E-state index < -0.39 is 0 Å². The summed E-state index contributed by atoms with van der Waals surface area (Å²) in [6.45, 7) is 7.64. The van der Waals surface area contributed by atoms with E-state index in [2.05, 4.69) is 31.1 Å². The van der Waals surface area contributed by atoms with Crippen LogP contribution in [0.25, 0.3) is 0 Å². The lowest BCUT2D eigenvalue weighted by atomic mass is 9.92. The average Bonchev–Trinajstić information content (AvgIpc) is 2.32.